The molecule has 2 heterocycles. The molecule has 2 aliphatic heterocycles. The second kappa shape index (κ2) is 5.10. The van der Waals surface area contributed by atoms with Crippen molar-refractivity contribution in [2.45, 2.75) is 31.0 Å². The molecule has 1 spiro atoms. The van der Waals surface area contributed by atoms with Gasteiger partial charge in [-0.15, -0.1) is 0 Å². The van der Waals surface area contributed by atoms with Crippen LogP contribution in [-0.2, 0) is 4.74 Å². The molecule has 0 N–H and O–H groups in total. The van der Waals surface area contributed by atoms with Crippen LogP contribution >= 0.6 is 11.8 Å². The predicted molar refractivity (Wildman–Crippen MR) is 70.7 cm³/mol. The highest BCUT2D eigenvalue weighted by Crippen LogP contribution is 2.39. The molecule has 2 atom stereocenters. The average Bonchev–Trinajstić information content (AvgIpc) is 2.77. The molecule has 1 aromatic rings. The van der Waals surface area contributed by atoms with Crippen molar-refractivity contribution in [2.75, 3.05) is 18.1 Å². The van der Waals surface area contributed by atoms with Gasteiger partial charge in [-0.2, -0.15) is 11.8 Å². The van der Waals surface area contributed by atoms with Crippen molar-refractivity contribution in [3.05, 3.63) is 30.1 Å². The normalized spacial score (nSPS) is 31.7. The Morgan fingerprint density at radius 3 is 3.17 bits per heavy atom. The van der Waals surface area contributed by atoms with E-state index >= 15 is 0 Å². The van der Waals surface area contributed by atoms with E-state index in [9.17, 15) is 4.39 Å². The largest absolute Gasteiger partial charge is 0.490 e. The van der Waals surface area contributed by atoms with Gasteiger partial charge in [-0.05, 0) is 24.3 Å². The monoisotopic (exact) mass is 268 g/mol. The van der Waals surface area contributed by atoms with Crippen molar-refractivity contribution in [1.82, 2.24) is 0 Å². The number of rotatable bonds is 2. The second-order valence-electron chi connectivity index (χ2n) is 5.02. The third-order valence-corrected chi connectivity index (χ3v) is 4.84. The van der Waals surface area contributed by atoms with Crippen LogP contribution in [0, 0.1) is 5.82 Å². The lowest BCUT2D eigenvalue weighted by Crippen LogP contribution is -2.43. The predicted octanol–water partition coefficient (Wildman–Crippen LogP) is 3.26. The van der Waals surface area contributed by atoms with Gasteiger partial charge in [-0.3, -0.25) is 0 Å². The van der Waals surface area contributed by atoms with Gasteiger partial charge >= 0.3 is 0 Å². The van der Waals surface area contributed by atoms with Crippen LogP contribution in [0.15, 0.2) is 24.3 Å². The minimum Gasteiger partial charge on any atom is -0.490 e. The molecule has 0 radical (unpaired) electrons. The van der Waals surface area contributed by atoms with E-state index < -0.39 is 0 Å². The molecule has 98 valence electrons. The lowest BCUT2D eigenvalue weighted by Gasteiger charge is -2.37. The average molecular weight is 268 g/mol. The summed E-state index contributed by atoms with van der Waals surface area (Å²) in [7, 11) is 0. The van der Waals surface area contributed by atoms with Crippen molar-refractivity contribution in [3.63, 3.8) is 0 Å². The maximum absolute atomic E-state index is 13.1. The molecule has 0 amide bonds. The van der Waals surface area contributed by atoms with E-state index in [-0.39, 0.29) is 17.5 Å². The molecule has 2 aliphatic rings. The molecule has 0 saturated carbocycles. The summed E-state index contributed by atoms with van der Waals surface area (Å²) in [5.74, 6) is 2.62. The molecule has 3 rings (SSSR count). The van der Waals surface area contributed by atoms with Crippen molar-refractivity contribution in [2.24, 2.45) is 0 Å². The summed E-state index contributed by atoms with van der Waals surface area (Å²) in [6, 6.07) is 6.39. The third kappa shape index (κ3) is 2.64. The third-order valence-electron chi connectivity index (χ3n) is 3.61. The van der Waals surface area contributed by atoms with Gasteiger partial charge in [0.15, 0.2) is 0 Å². The Morgan fingerprint density at radius 1 is 1.44 bits per heavy atom. The van der Waals surface area contributed by atoms with Gasteiger partial charge in [-0.25, -0.2) is 4.39 Å². The van der Waals surface area contributed by atoms with Gasteiger partial charge in [0, 0.05) is 24.7 Å². The molecule has 0 aromatic heterocycles. The minimum atomic E-state index is -0.245. The molecular formula is C14H17FO2S. The Balaban J connectivity index is 1.66. The molecular weight excluding hydrogens is 251 g/mol. The summed E-state index contributed by atoms with van der Waals surface area (Å²) in [5, 5.41) is 0. The van der Waals surface area contributed by atoms with Gasteiger partial charge in [0.05, 0.1) is 12.2 Å². The van der Waals surface area contributed by atoms with Crippen LogP contribution in [0.1, 0.15) is 19.3 Å². The zero-order valence-corrected chi connectivity index (χ0v) is 11.0. The first-order chi connectivity index (χ1) is 8.76. The number of halogens is 1. The lowest BCUT2D eigenvalue weighted by atomic mass is 9.91. The Labute approximate surface area is 111 Å². The molecule has 2 nitrogen and oxygen atoms in total. The summed E-state index contributed by atoms with van der Waals surface area (Å²) < 4.78 is 24.9. The van der Waals surface area contributed by atoms with Crippen molar-refractivity contribution in [3.8, 4) is 5.75 Å². The fraction of sp³-hybridized carbons (Fsp3) is 0.571. The van der Waals surface area contributed by atoms with E-state index in [2.05, 4.69) is 0 Å². The van der Waals surface area contributed by atoms with Crippen LogP contribution < -0.4 is 4.74 Å². The Morgan fingerprint density at radius 2 is 2.39 bits per heavy atom. The lowest BCUT2D eigenvalue weighted by molar-refractivity contribution is -0.0959. The topological polar surface area (TPSA) is 18.5 Å². The van der Waals surface area contributed by atoms with Gasteiger partial charge in [-0.1, -0.05) is 6.07 Å². The number of thioether (sulfide) groups is 1. The highest BCUT2D eigenvalue weighted by atomic mass is 32.2. The van der Waals surface area contributed by atoms with Crippen LogP contribution in [0.4, 0.5) is 4.39 Å². The second-order valence-corrected chi connectivity index (χ2v) is 6.13. The van der Waals surface area contributed by atoms with Gasteiger partial charge < -0.3 is 9.47 Å². The van der Waals surface area contributed by atoms with Gasteiger partial charge in [0.2, 0.25) is 0 Å². The van der Waals surface area contributed by atoms with Gasteiger partial charge in [0.1, 0.15) is 17.7 Å². The van der Waals surface area contributed by atoms with Crippen LogP contribution in [-0.4, -0.2) is 29.8 Å². The Bertz CT molecular complexity index is 418. The van der Waals surface area contributed by atoms with E-state index in [4.69, 9.17) is 9.47 Å². The summed E-state index contributed by atoms with van der Waals surface area (Å²) in [6.07, 6.45) is 3.08. The van der Waals surface area contributed by atoms with Crippen LogP contribution in [0.3, 0.4) is 0 Å². The van der Waals surface area contributed by atoms with Crippen LogP contribution in [0.25, 0.3) is 0 Å². The van der Waals surface area contributed by atoms with E-state index in [0.717, 1.165) is 31.6 Å². The number of ether oxygens (including phenoxy) is 2. The number of hydrogen-bond acceptors (Lipinski definition) is 3. The fourth-order valence-electron chi connectivity index (χ4n) is 2.68. The molecule has 1 aromatic carbocycles. The number of hydrogen-bond donors (Lipinski definition) is 0. The van der Waals surface area contributed by atoms with Crippen molar-refractivity contribution < 1.29 is 13.9 Å². The highest BCUT2D eigenvalue weighted by Gasteiger charge is 2.41. The summed E-state index contributed by atoms with van der Waals surface area (Å²) in [6.45, 7) is 0.751. The van der Waals surface area contributed by atoms with E-state index in [1.807, 2.05) is 17.8 Å². The summed E-state index contributed by atoms with van der Waals surface area (Å²) in [4.78, 5) is 0. The standard InChI is InChI=1S/C14H17FO2S/c15-11-2-1-3-12(8-11)17-13-4-6-16-14(9-13)5-7-18-10-14/h1-3,8,13H,4-7,9-10H2. The first kappa shape index (κ1) is 12.3. The zero-order chi connectivity index (χ0) is 12.4. The first-order valence-electron chi connectivity index (χ1n) is 6.40. The molecule has 18 heavy (non-hydrogen) atoms. The van der Waals surface area contributed by atoms with E-state index in [1.165, 1.54) is 17.9 Å². The van der Waals surface area contributed by atoms with Crippen LogP contribution in [0.5, 0.6) is 5.75 Å². The Kier molecular flexibility index (Phi) is 3.48. The smallest absolute Gasteiger partial charge is 0.126 e. The summed E-state index contributed by atoms with van der Waals surface area (Å²) in [5.41, 5.74) is 0.0148. The minimum absolute atomic E-state index is 0.0148. The van der Waals surface area contributed by atoms with Crippen molar-refractivity contribution in [1.29, 1.82) is 0 Å². The molecule has 0 aliphatic carbocycles. The van der Waals surface area contributed by atoms with Crippen LogP contribution in [0.2, 0.25) is 0 Å². The maximum Gasteiger partial charge on any atom is 0.126 e. The zero-order valence-electron chi connectivity index (χ0n) is 10.2. The fourth-order valence-corrected chi connectivity index (χ4v) is 4.06. The van der Waals surface area contributed by atoms with E-state index in [0.29, 0.717) is 5.75 Å². The highest BCUT2D eigenvalue weighted by molar-refractivity contribution is 7.99. The molecule has 0 bridgehead atoms. The number of benzene rings is 1. The first-order valence-corrected chi connectivity index (χ1v) is 7.55. The van der Waals surface area contributed by atoms with Gasteiger partial charge in [0.25, 0.3) is 0 Å². The molecule has 2 unspecified atom stereocenters. The SMILES string of the molecule is Fc1cccc(OC2CCOC3(CCSC3)C2)c1. The molecule has 4 heteroatoms. The van der Waals surface area contributed by atoms with Crippen molar-refractivity contribution >= 4 is 11.8 Å². The Hall–Kier alpha value is -0.740. The molecule has 2 fully saturated rings. The quantitative estimate of drug-likeness (QED) is 0.820. The maximum atomic E-state index is 13.1. The van der Waals surface area contributed by atoms with E-state index in [1.54, 1.807) is 6.07 Å². The summed E-state index contributed by atoms with van der Waals surface area (Å²) >= 11 is 1.95. The molecule has 2 saturated heterocycles.